The van der Waals surface area contributed by atoms with Crippen molar-refractivity contribution in [1.29, 1.82) is 0 Å². The first-order valence-corrected chi connectivity index (χ1v) is 9.01. The first-order valence-electron chi connectivity index (χ1n) is 6.77. The van der Waals surface area contributed by atoms with Crippen molar-refractivity contribution in [2.75, 3.05) is 0 Å². The third-order valence-electron chi connectivity index (χ3n) is 3.02. The van der Waals surface area contributed by atoms with Crippen LogP contribution in [-0.4, -0.2) is 23.0 Å². The van der Waals surface area contributed by atoms with Crippen LogP contribution in [0.15, 0.2) is 18.2 Å². The maximum Gasteiger partial charge on any atom is 0.305 e. The Hall–Kier alpha value is -0.880. The van der Waals surface area contributed by atoms with E-state index in [1.165, 1.54) is 0 Å². The molecule has 0 fully saturated rings. The zero-order valence-electron chi connectivity index (χ0n) is 11.9. The zero-order valence-corrected chi connectivity index (χ0v) is 15.0. The first kappa shape index (κ1) is 18.2. The Morgan fingerprint density at radius 3 is 2.19 bits per heavy atom. The van der Waals surface area contributed by atoms with E-state index in [9.17, 15) is 9.59 Å². The molecular formula is C15H19Br2NO3. The van der Waals surface area contributed by atoms with Crippen LogP contribution in [0.1, 0.15) is 47.7 Å². The van der Waals surface area contributed by atoms with Crippen LogP contribution in [0.3, 0.4) is 0 Å². The zero-order chi connectivity index (χ0) is 15.8. The third kappa shape index (κ3) is 6.18. The lowest BCUT2D eigenvalue weighted by molar-refractivity contribution is -0.137. The van der Waals surface area contributed by atoms with Gasteiger partial charge in [0.1, 0.15) is 0 Å². The van der Waals surface area contributed by atoms with Gasteiger partial charge in [-0.3, -0.25) is 9.59 Å². The molecule has 1 aromatic rings. The Morgan fingerprint density at radius 1 is 1.19 bits per heavy atom. The highest BCUT2D eigenvalue weighted by Crippen LogP contribution is 2.16. The fourth-order valence-corrected chi connectivity index (χ4v) is 2.75. The summed E-state index contributed by atoms with van der Waals surface area (Å²) in [6.07, 6.45) is 1.43. The maximum absolute atomic E-state index is 12.3. The van der Waals surface area contributed by atoms with Crippen LogP contribution in [0.2, 0.25) is 0 Å². The number of carboxylic acids is 1. The van der Waals surface area contributed by atoms with E-state index in [1.807, 2.05) is 25.1 Å². The van der Waals surface area contributed by atoms with Gasteiger partial charge in [0.15, 0.2) is 0 Å². The van der Waals surface area contributed by atoms with E-state index in [0.717, 1.165) is 17.5 Å². The molecule has 0 aliphatic rings. The SMILES string of the molecule is CCCC(CC(=O)O)NC(=O)c1cc(CBr)cc(CBr)c1. The Morgan fingerprint density at radius 2 is 1.76 bits per heavy atom. The van der Waals surface area contributed by atoms with Gasteiger partial charge in [-0.2, -0.15) is 0 Å². The number of hydrogen-bond donors (Lipinski definition) is 2. The molecule has 0 spiro atoms. The average molecular weight is 421 g/mol. The van der Waals surface area contributed by atoms with Crippen LogP contribution in [0.4, 0.5) is 0 Å². The second-order valence-corrected chi connectivity index (χ2v) is 5.98. The summed E-state index contributed by atoms with van der Waals surface area (Å²) in [5.74, 6) is -1.12. The Bertz CT molecular complexity index is 483. The number of amides is 1. The van der Waals surface area contributed by atoms with E-state index < -0.39 is 5.97 Å². The van der Waals surface area contributed by atoms with Gasteiger partial charge in [-0.1, -0.05) is 51.3 Å². The lowest BCUT2D eigenvalue weighted by Gasteiger charge is -2.16. The molecule has 0 aliphatic heterocycles. The van der Waals surface area contributed by atoms with Crippen molar-refractivity contribution in [2.24, 2.45) is 0 Å². The Balaban J connectivity index is 2.88. The van der Waals surface area contributed by atoms with E-state index in [4.69, 9.17) is 5.11 Å². The molecule has 2 N–H and O–H groups in total. The molecule has 0 aliphatic carbocycles. The second-order valence-electron chi connectivity index (χ2n) is 4.86. The van der Waals surface area contributed by atoms with Gasteiger partial charge in [0.05, 0.1) is 6.42 Å². The molecule has 0 heterocycles. The van der Waals surface area contributed by atoms with Crippen molar-refractivity contribution >= 4 is 43.7 Å². The Kier molecular flexibility index (Phi) is 7.96. The van der Waals surface area contributed by atoms with Crippen LogP contribution < -0.4 is 5.32 Å². The molecule has 0 bridgehead atoms. The van der Waals surface area contributed by atoms with Crippen molar-refractivity contribution in [3.05, 3.63) is 34.9 Å². The summed E-state index contributed by atoms with van der Waals surface area (Å²) in [6.45, 7) is 1.97. The molecule has 0 radical (unpaired) electrons. The molecule has 116 valence electrons. The molecule has 4 nitrogen and oxygen atoms in total. The largest absolute Gasteiger partial charge is 0.481 e. The molecule has 21 heavy (non-hydrogen) atoms. The number of nitrogens with one attached hydrogen (secondary N) is 1. The van der Waals surface area contributed by atoms with Crippen molar-refractivity contribution in [3.8, 4) is 0 Å². The fourth-order valence-electron chi connectivity index (χ4n) is 2.10. The summed E-state index contributed by atoms with van der Waals surface area (Å²) in [5, 5.41) is 13.0. The van der Waals surface area contributed by atoms with Crippen LogP contribution in [-0.2, 0) is 15.5 Å². The number of halogens is 2. The number of rotatable bonds is 8. The average Bonchev–Trinajstić information content (AvgIpc) is 2.46. The fraction of sp³-hybridized carbons (Fsp3) is 0.467. The van der Waals surface area contributed by atoms with Gasteiger partial charge >= 0.3 is 5.97 Å². The predicted molar refractivity (Wildman–Crippen MR) is 90.1 cm³/mol. The van der Waals surface area contributed by atoms with Gasteiger partial charge in [0.2, 0.25) is 0 Å². The highest BCUT2D eigenvalue weighted by atomic mass is 79.9. The lowest BCUT2D eigenvalue weighted by Crippen LogP contribution is -2.36. The summed E-state index contributed by atoms with van der Waals surface area (Å²) in [7, 11) is 0. The van der Waals surface area contributed by atoms with Gasteiger partial charge in [-0.15, -0.1) is 0 Å². The minimum atomic E-state index is -0.899. The molecule has 0 saturated heterocycles. The number of alkyl halides is 2. The van der Waals surface area contributed by atoms with Gasteiger partial charge in [-0.25, -0.2) is 0 Å². The second kappa shape index (κ2) is 9.20. The van der Waals surface area contributed by atoms with E-state index in [1.54, 1.807) is 0 Å². The minimum absolute atomic E-state index is 0.0526. The minimum Gasteiger partial charge on any atom is -0.481 e. The molecule has 1 rings (SSSR count). The maximum atomic E-state index is 12.3. The van der Waals surface area contributed by atoms with Crippen molar-refractivity contribution < 1.29 is 14.7 Å². The number of carbonyl (C=O) groups is 2. The van der Waals surface area contributed by atoms with Gasteiger partial charge in [-0.05, 0) is 29.7 Å². The first-order chi connectivity index (χ1) is 9.99. The standard InChI is InChI=1S/C15H19Br2NO3/c1-2-3-13(7-14(19)20)18-15(21)12-5-10(8-16)4-11(6-12)9-17/h4-6,13H,2-3,7-9H2,1H3,(H,18,21)(H,19,20). The van der Waals surface area contributed by atoms with E-state index in [-0.39, 0.29) is 18.4 Å². The number of aliphatic carboxylic acids is 1. The van der Waals surface area contributed by atoms with Crippen LogP contribution in [0.25, 0.3) is 0 Å². The van der Waals surface area contributed by atoms with Gasteiger partial charge in [0, 0.05) is 22.3 Å². The molecule has 0 saturated carbocycles. The van der Waals surface area contributed by atoms with Gasteiger partial charge < -0.3 is 10.4 Å². The quantitative estimate of drug-likeness (QED) is 0.627. The van der Waals surface area contributed by atoms with Crippen molar-refractivity contribution in [3.63, 3.8) is 0 Å². The molecule has 1 unspecified atom stereocenters. The lowest BCUT2D eigenvalue weighted by atomic mass is 10.0. The third-order valence-corrected chi connectivity index (χ3v) is 4.31. The topological polar surface area (TPSA) is 66.4 Å². The molecule has 1 amide bonds. The Labute approximate surface area is 141 Å². The summed E-state index contributed by atoms with van der Waals surface area (Å²) in [4.78, 5) is 23.2. The van der Waals surface area contributed by atoms with Crippen LogP contribution >= 0.6 is 31.9 Å². The highest BCUT2D eigenvalue weighted by molar-refractivity contribution is 9.08. The molecule has 1 atom stereocenters. The summed E-state index contributed by atoms with van der Waals surface area (Å²) in [6, 6.07) is 5.32. The molecular weight excluding hydrogens is 402 g/mol. The molecule has 1 aromatic carbocycles. The van der Waals surface area contributed by atoms with Crippen molar-refractivity contribution in [2.45, 2.75) is 42.9 Å². The van der Waals surface area contributed by atoms with Crippen molar-refractivity contribution in [1.82, 2.24) is 5.32 Å². The predicted octanol–water partition coefficient (Wildman–Crippen LogP) is 3.85. The number of carboxylic acid groups (broad SMARTS) is 1. The normalized spacial score (nSPS) is 12.0. The highest BCUT2D eigenvalue weighted by Gasteiger charge is 2.17. The summed E-state index contributed by atoms with van der Waals surface area (Å²) in [5.41, 5.74) is 2.60. The van der Waals surface area contributed by atoms with Crippen LogP contribution in [0, 0.1) is 0 Å². The van der Waals surface area contributed by atoms with E-state index >= 15 is 0 Å². The summed E-state index contributed by atoms with van der Waals surface area (Å²) >= 11 is 6.78. The van der Waals surface area contributed by atoms with Crippen LogP contribution in [0.5, 0.6) is 0 Å². The number of hydrogen-bond acceptors (Lipinski definition) is 2. The molecule has 6 heteroatoms. The molecule has 0 aromatic heterocycles. The number of carbonyl (C=O) groups excluding carboxylic acids is 1. The monoisotopic (exact) mass is 419 g/mol. The van der Waals surface area contributed by atoms with E-state index in [2.05, 4.69) is 37.2 Å². The van der Waals surface area contributed by atoms with Gasteiger partial charge in [0.25, 0.3) is 5.91 Å². The number of benzene rings is 1. The smallest absolute Gasteiger partial charge is 0.305 e. The summed E-state index contributed by atoms with van der Waals surface area (Å²) < 4.78 is 0. The van der Waals surface area contributed by atoms with E-state index in [0.29, 0.717) is 22.6 Å².